The van der Waals surface area contributed by atoms with E-state index in [-0.39, 0.29) is 10.8 Å². The summed E-state index contributed by atoms with van der Waals surface area (Å²) >= 11 is 0. The van der Waals surface area contributed by atoms with E-state index in [9.17, 15) is 10.2 Å². The molecule has 4 fully saturated rings. The average Bonchev–Trinajstić information content (AvgIpc) is 3.18. The highest BCUT2D eigenvalue weighted by molar-refractivity contribution is 5.42. The van der Waals surface area contributed by atoms with Crippen molar-refractivity contribution in [2.45, 2.75) is 110 Å². The molecule has 4 aliphatic carbocycles. The maximum absolute atomic E-state index is 11.4. The molecule has 2 N–H and O–H groups in total. The number of allylic oxidation sites excluding steroid dienone is 2. The van der Waals surface area contributed by atoms with Gasteiger partial charge >= 0.3 is 0 Å². The van der Waals surface area contributed by atoms with Crippen LogP contribution in [0.3, 0.4) is 0 Å². The second kappa shape index (κ2) is 7.41. The lowest BCUT2D eigenvalue weighted by Crippen LogP contribution is -2.67. The molecule has 0 aromatic heterocycles. The Morgan fingerprint density at radius 3 is 2.44 bits per heavy atom. The number of hydrogen-bond donors (Lipinski definition) is 2. The summed E-state index contributed by atoms with van der Waals surface area (Å²) < 4.78 is 0. The van der Waals surface area contributed by atoms with Crippen molar-refractivity contribution in [3.8, 4) is 0 Å². The molecule has 0 aromatic rings. The van der Waals surface area contributed by atoms with E-state index >= 15 is 0 Å². The van der Waals surface area contributed by atoms with Crippen molar-refractivity contribution in [1.29, 1.82) is 0 Å². The van der Waals surface area contributed by atoms with Gasteiger partial charge in [0.2, 0.25) is 0 Å². The maximum Gasteiger partial charge on any atom is 0.144 e. The zero-order valence-corrected chi connectivity index (χ0v) is 20.9. The minimum atomic E-state index is -0.817. The Balaban J connectivity index is 1.47. The van der Waals surface area contributed by atoms with Gasteiger partial charge in [0, 0.05) is 11.8 Å². The molecule has 0 radical (unpaired) electrons. The van der Waals surface area contributed by atoms with E-state index in [1.165, 1.54) is 12.0 Å². The average molecular weight is 445 g/mol. The van der Waals surface area contributed by atoms with E-state index < -0.39 is 23.4 Å². The molecule has 3 saturated carbocycles. The molecule has 2 bridgehead atoms. The largest absolute Gasteiger partial charge is 0.393 e. The van der Waals surface area contributed by atoms with Crippen molar-refractivity contribution in [3.05, 3.63) is 23.8 Å². The van der Waals surface area contributed by atoms with Crippen LogP contribution in [0.25, 0.3) is 0 Å². The molecule has 180 valence electrons. The summed E-state index contributed by atoms with van der Waals surface area (Å²) in [6.45, 7) is 14.1. The van der Waals surface area contributed by atoms with Crippen LogP contribution in [0, 0.1) is 40.4 Å². The topological polar surface area (TPSA) is 58.9 Å². The molecule has 1 heterocycles. The van der Waals surface area contributed by atoms with Crippen molar-refractivity contribution in [3.63, 3.8) is 0 Å². The number of fused-ring (bicyclic) bond motifs is 2. The normalized spacial score (nSPS) is 51.8. The molecular formula is C28H44O4. The van der Waals surface area contributed by atoms with Crippen molar-refractivity contribution in [2.75, 3.05) is 0 Å². The molecule has 0 unspecified atom stereocenters. The van der Waals surface area contributed by atoms with Gasteiger partial charge < -0.3 is 10.2 Å². The second-order valence-corrected chi connectivity index (χ2v) is 12.8. The summed E-state index contributed by atoms with van der Waals surface area (Å²) in [7, 11) is 0. The third-order valence-electron chi connectivity index (χ3n) is 11.2. The van der Waals surface area contributed by atoms with Gasteiger partial charge in [0.1, 0.15) is 17.3 Å². The summed E-state index contributed by atoms with van der Waals surface area (Å²) in [5, 5.41) is 21.8. The molecule has 1 spiro atoms. The van der Waals surface area contributed by atoms with Gasteiger partial charge in [-0.2, -0.15) is 0 Å². The van der Waals surface area contributed by atoms with Crippen molar-refractivity contribution in [2.24, 2.45) is 40.4 Å². The Hall–Kier alpha value is -0.680. The lowest BCUT2D eigenvalue weighted by Gasteiger charge is -2.60. The maximum atomic E-state index is 11.4. The summed E-state index contributed by atoms with van der Waals surface area (Å²) in [4.78, 5) is 12.4. The molecule has 1 aliphatic heterocycles. The molecule has 0 amide bonds. The Bertz CT molecular complexity index is 818. The van der Waals surface area contributed by atoms with Crippen LogP contribution in [0.4, 0.5) is 0 Å². The summed E-state index contributed by atoms with van der Waals surface area (Å²) in [6, 6.07) is 0. The van der Waals surface area contributed by atoms with Crippen LogP contribution in [-0.4, -0.2) is 33.6 Å². The van der Waals surface area contributed by atoms with E-state index in [1.54, 1.807) is 0 Å². The number of aliphatic hydroxyl groups is 2. The van der Waals surface area contributed by atoms with Crippen molar-refractivity contribution in [1.82, 2.24) is 0 Å². The molecule has 4 nitrogen and oxygen atoms in total. The molecule has 32 heavy (non-hydrogen) atoms. The van der Waals surface area contributed by atoms with Crippen LogP contribution in [0.2, 0.25) is 0 Å². The van der Waals surface area contributed by atoms with Gasteiger partial charge in [-0.1, -0.05) is 59.8 Å². The first-order valence-corrected chi connectivity index (χ1v) is 13.1. The fourth-order valence-electron chi connectivity index (χ4n) is 8.56. The molecule has 5 rings (SSSR count). The molecule has 1 saturated heterocycles. The fraction of sp³-hybridized carbons (Fsp3) is 0.857. The highest BCUT2D eigenvalue weighted by atomic mass is 17.2. The predicted octanol–water partition coefficient (Wildman–Crippen LogP) is 5.59. The highest BCUT2D eigenvalue weighted by Gasteiger charge is 2.78. The Labute approximate surface area is 194 Å². The third kappa shape index (κ3) is 2.76. The molecule has 5 aliphatic rings. The van der Waals surface area contributed by atoms with Crippen LogP contribution in [0.15, 0.2) is 23.8 Å². The number of aliphatic hydroxyl groups excluding tert-OH is 2. The Morgan fingerprint density at radius 2 is 1.72 bits per heavy atom. The van der Waals surface area contributed by atoms with Crippen LogP contribution >= 0.6 is 0 Å². The fourth-order valence-corrected chi connectivity index (χ4v) is 8.56. The van der Waals surface area contributed by atoms with Crippen molar-refractivity contribution < 1.29 is 20.0 Å². The minimum absolute atomic E-state index is 0.220. The number of rotatable bonds is 4. The standard InChI is InChI=1S/C28H44O4/c1-17(2)18(3)7-8-19(4)21-9-10-22-23-15-24(30)28-16-20(29)11-12-26(28,6)27(23,31-32-28)14-13-25(21,22)5/h7-8,15,17-22,24,29-30H,9-14,16H2,1-6H3/b8-7+/t18-,19-,20-,21+,22-,24+,25+,26+,27+,28-/m0/s1. The monoisotopic (exact) mass is 444 g/mol. The summed E-state index contributed by atoms with van der Waals surface area (Å²) in [6.07, 6.45) is 12.4. The summed E-state index contributed by atoms with van der Waals surface area (Å²) in [5.74, 6) is 2.90. The first-order chi connectivity index (χ1) is 15.0. The highest BCUT2D eigenvalue weighted by Crippen LogP contribution is 2.73. The van der Waals surface area contributed by atoms with Gasteiger partial charge in [0.25, 0.3) is 0 Å². The molecular weight excluding hydrogens is 400 g/mol. The molecule has 10 atom stereocenters. The molecule has 0 aromatic carbocycles. The quantitative estimate of drug-likeness (QED) is 0.438. The van der Waals surface area contributed by atoms with Gasteiger partial charge in [0.05, 0.1) is 6.10 Å². The van der Waals surface area contributed by atoms with Crippen LogP contribution in [0.1, 0.15) is 86.5 Å². The third-order valence-corrected chi connectivity index (χ3v) is 11.2. The van der Waals surface area contributed by atoms with Crippen LogP contribution in [0.5, 0.6) is 0 Å². The SMILES string of the molecule is CC(C)[C@@H](C)/C=C/[C@H](C)[C@H]1CC[C@H]2C3=C[C@@H](O)[C@@]45C[C@@H](O)CC[C@]4(C)[C@]3(CC[C@]12C)OO5. The molecule has 4 heteroatoms. The van der Waals surface area contributed by atoms with E-state index in [0.717, 1.165) is 32.1 Å². The Kier molecular flexibility index (Phi) is 5.34. The Morgan fingerprint density at radius 1 is 0.969 bits per heavy atom. The zero-order chi connectivity index (χ0) is 23.1. The lowest BCUT2D eigenvalue weighted by atomic mass is 9.44. The minimum Gasteiger partial charge on any atom is -0.393 e. The second-order valence-electron chi connectivity index (χ2n) is 12.8. The van der Waals surface area contributed by atoms with Crippen LogP contribution in [-0.2, 0) is 9.78 Å². The first-order valence-electron chi connectivity index (χ1n) is 13.1. The van der Waals surface area contributed by atoms with Gasteiger partial charge in [-0.25, -0.2) is 9.78 Å². The van der Waals surface area contributed by atoms with Crippen molar-refractivity contribution >= 4 is 0 Å². The van der Waals surface area contributed by atoms with E-state index in [2.05, 4.69) is 59.8 Å². The van der Waals surface area contributed by atoms with Crippen LogP contribution < -0.4 is 0 Å². The predicted molar refractivity (Wildman–Crippen MR) is 126 cm³/mol. The van der Waals surface area contributed by atoms with E-state index in [1.807, 2.05) is 0 Å². The van der Waals surface area contributed by atoms with Gasteiger partial charge in [-0.3, -0.25) is 0 Å². The smallest absolute Gasteiger partial charge is 0.144 e. The van der Waals surface area contributed by atoms with E-state index in [0.29, 0.717) is 36.0 Å². The van der Waals surface area contributed by atoms with Gasteiger partial charge in [0.15, 0.2) is 0 Å². The van der Waals surface area contributed by atoms with E-state index in [4.69, 9.17) is 9.78 Å². The number of hydrogen-bond acceptors (Lipinski definition) is 4. The van der Waals surface area contributed by atoms with Gasteiger partial charge in [-0.15, -0.1) is 0 Å². The first kappa shape index (κ1) is 23.1. The lowest BCUT2D eigenvalue weighted by molar-refractivity contribution is -0.357. The zero-order valence-electron chi connectivity index (χ0n) is 20.9. The summed E-state index contributed by atoms with van der Waals surface area (Å²) in [5.41, 5.74) is -0.0297. The van der Waals surface area contributed by atoms with Gasteiger partial charge in [-0.05, 0) is 79.1 Å².